The maximum absolute atomic E-state index is 12.4. The number of carbonyl (C=O) groups is 1. The van der Waals surface area contributed by atoms with Crippen LogP contribution in [0.15, 0.2) is 30.3 Å². The first kappa shape index (κ1) is 16.4. The fraction of sp³-hybridized carbons (Fsp3) is 0.308. The summed E-state index contributed by atoms with van der Waals surface area (Å²) in [6, 6.07) is 8.39. The van der Waals surface area contributed by atoms with Crippen molar-refractivity contribution in [3.05, 3.63) is 40.9 Å². The van der Waals surface area contributed by atoms with E-state index >= 15 is 0 Å². The van der Waals surface area contributed by atoms with Gasteiger partial charge < -0.3 is 11.1 Å². The van der Waals surface area contributed by atoms with Crippen molar-refractivity contribution in [2.75, 3.05) is 5.32 Å². The monoisotopic (exact) mass is 330 g/mol. The maximum Gasteiger partial charge on any atom is 0.445 e. The molecule has 0 aliphatic heterocycles. The number of rotatable bonds is 4. The predicted octanol–water partition coefficient (Wildman–Crippen LogP) is 2.83. The zero-order valence-electron chi connectivity index (χ0n) is 11.5. The highest BCUT2D eigenvalue weighted by atomic mass is 32.1. The van der Waals surface area contributed by atoms with Gasteiger partial charge >= 0.3 is 6.18 Å². The molecule has 0 saturated carbocycles. The van der Waals surface area contributed by atoms with Crippen LogP contribution >= 0.6 is 11.3 Å². The summed E-state index contributed by atoms with van der Waals surface area (Å²) >= 11 is 0.273. The van der Waals surface area contributed by atoms with Gasteiger partial charge in [0.15, 0.2) is 0 Å². The molecule has 2 rings (SSSR count). The number of alkyl halides is 3. The lowest BCUT2D eigenvalue weighted by atomic mass is 9.95. The zero-order valence-corrected chi connectivity index (χ0v) is 12.3. The van der Waals surface area contributed by atoms with Crippen LogP contribution in [0.2, 0.25) is 0 Å². The fourth-order valence-electron chi connectivity index (χ4n) is 1.73. The number of amides is 1. The molecule has 2 atom stereocenters. The number of anilines is 1. The third kappa shape index (κ3) is 3.80. The van der Waals surface area contributed by atoms with Crippen LogP contribution in [0.25, 0.3) is 0 Å². The van der Waals surface area contributed by atoms with E-state index in [1.54, 1.807) is 31.2 Å². The average molecular weight is 330 g/mol. The Morgan fingerprint density at radius 2 is 1.91 bits per heavy atom. The van der Waals surface area contributed by atoms with Gasteiger partial charge in [0.05, 0.1) is 5.92 Å². The minimum atomic E-state index is -4.58. The summed E-state index contributed by atoms with van der Waals surface area (Å²) in [6.07, 6.45) is -4.58. The molecule has 5 nitrogen and oxygen atoms in total. The van der Waals surface area contributed by atoms with Gasteiger partial charge in [-0.05, 0) is 5.56 Å². The van der Waals surface area contributed by atoms with E-state index < -0.39 is 29.1 Å². The molecule has 1 aromatic heterocycles. The molecule has 22 heavy (non-hydrogen) atoms. The molecule has 1 heterocycles. The lowest BCUT2D eigenvalue weighted by Gasteiger charge is -2.18. The largest absolute Gasteiger partial charge is 0.445 e. The van der Waals surface area contributed by atoms with E-state index in [4.69, 9.17) is 5.73 Å². The average Bonchev–Trinajstić information content (AvgIpc) is 2.95. The van der Waals surface area contributed by atoms with Crippen molar-refractivity contribution in [3.63, 3.8) is 0 Å². The Balaban J connectivity index is 2.04. The summed E-state index contributed by atoms with van der Waals surface area (Å²) in [7, 11) is 0. The van der Waals surface area contributed by atoms with E-state index in [1.165, 1.54) is 0 Å². The van der Waals surface area contributed by atoms with Crippen molar-refractivity contribution < 1.29 is 18.0 Å². The van der Waals surface area contributed by atoms with Crippen molar-refractivity contribution in [1.82, 2.24) is 10.2 Å². The first-order valence-electron chi connectivity index (χ1n) is 6.31. The predicted molar refractivity (Wildman–Crippen MR) is 76.1 cm³/mol. The number of nitrogens with two attached hydrogens (primary N) is 1. The highest BCUT2D eigenvalue weighted by molar-refractivity contribution is 7.15. The Labute approximate surface area is 128 Å². The van der Waals surface area contributed by atoms with Crippen molar-refractivity contribution in [1.29, 1.82) is 0 Å². The molecule has 0 bridgehead atoms. The Bertz CT molecular complexity index is 644. The number of carbonyl (C=O) groups excluding carboxylic acids is 1. The molecule has 0 saturated heterocycles. The van der Waals surface area contributed by atoms with E-state index in [0.29, 0.717) is 0 Å². The van der Waals surface area contributed by atoms with E-state index in [-0.39, 0.29) is 16.5 Å². The van der Waals surface area contributed by atoms with Crippen LogP contribution in [-0.4, -0.2) is 16.1 Å². The molecule has 0 spiro atoms. The highest BCUT2D eigenvalue weighted by Gasteiger charge is 2.36. The quantitative estimate of drug-likeness (QED) is 0.903. The lowest BCUT2D eigenvalue weighted by Crippen LogP contribution is -2.30. The van der Waals surface area contributed by atoms with Gasteiger partial charge in [0.1, 0.15) is 0 Å². The lowest BCUT2D eigenvalue weighted by molar-refractivity contribution is -0.138. The first-order chi connectivity index (χ1) is 10.3. The SMILES string of the molecule is CC(C(=O)Nc1nnc(C(F)(F)F)s1)C(N)c1ccccc1. The van der Waals surface area contributed by atoms with Crippen molar-refractivity contribution in [2.24, 2.45) is 11.7 Å². The standard InChI is InChI=1S/C13H13F3N4OS/c1-7(9(17)8-5-3-2-4-6-8)10(21)18-12-20-19-11(22-12)13(14,15)16/h2-7,9H,17H2,1H3,(H,18,20,21). The molecular formula is C13H13F3N4OS. The molecule has 0 aliphatic carbocycles. The smallest absolute Gasteiger partial charge is 0.323 e. The first-order valence-corrected chi connectivity index (χ1v) is 7.13. The van der Waals surface area contributed by atoms with Crippen LogP contribution in [0.1, 0.15) is 23.5 Å². The molecule has 0 fully saturated rings. The van der Waals surface area contributed by atoms with Crippen molar-refractivity contribution in [3.8, 4) is 0 Å². The molecule has 1 aromatic carbocycles. The molecular weight excluding hydrogens is 317 g/mol. The summed E-state index contributed by atoms with van der Waals surface area (Å²) < 4.78 is 37.3. The number of hydrogen-bond acceptors (Lipinski definition) is 5. The minimum absolute atomic E-state index is 0.204. The van der Waals surface area contributed by atoms with Gasteiger partial charge in [-0.3, -0.25) is 4.79 Å². The molecule has 2 unspecified atom stereocenters. The summed E-state index contributed by atoms with van der Waals surface area (Å²) in [5.41, 5.74) is 6.76. The van der Waals surface area contributed by atoms with E-state index in [2.05, 4.69) is 15.5 Å². The molecule has 3 N–H and O–H groups in total. The summed E-state index contributed by atoms with van der Waals surface area (Å²) in [6.45, 7) is 1.60. The Morgan fingerprint density at radius 3 is 2.45 bits per heavy atom. The molecule has 0 radical (unpaired) electrons. The molecule has 1 amide bonds. The van der Waals surface area contributed by atoms with Gasteiger partial charge in [-0.1, -0.05) is 48.6 Å². The summed E-state index contributed by atoms with van der Waals surface area (Å²) in [5, 5.41) is 7.31. The third-order valence-corrected chi connectivity index (χ3v) is 3.92. The second kappa shape index (κ2) is 6.41. The Kier molecular flexibility index (Phi) is 4.77. The summed E-state index contributed by atoms with van der Waals surface area (Å²) in [5.74, 6) is -1.15. The number of benzene rings is 1. The number of nitrogens with one attached hydrogen (secondary N) is 1. The van der Waals surface area contributed by atoms with Crippen LogP contribution in [0, 0.1) is 5.92 Å². The minimum Gasteiger partial charge on any atom is -0.323 e. The van der Waals surface area contributed by atoms with E-state index in [0.717, 1.165) is 5.56 Å². The normalized spacial score (nSPS) is 14.4. The zero-order chi connectivity index (χ0) is 16.3. The Morgan fingerprint density at radius 1 is 1.27 bits per heavy atom. The molecule has 9 heteroatoms. The van der Waals surface area contributed by atoms with Crippen LogP contribution in [0.5, 0.6) is 0 Å². The van der Waals surface area contributed by atoms with Crippen molar-refractivity contribution >= 4 is 22.4 Å². The van der Waals surface area contributed by atoms with E-state index in [1.807, 2.05) is 6.07 Å². The van der Waals surface area contributed by atoms with Gasteiger partial charge in [0.25, 0.3) is 0 Å². The number of hydrogen-bond donors (Lipinski definition) is 2. The van der Waals surface area contributed by atoms with Gasteiger partial charge in [0, 0.05) is 6.04 Å². The molecule has 0 aliphatic rings. The van der Waals surface area contributed by atoms with Crippen LogP contribution in [-0.2, 0) is 11.0 Å². The molecule has 118 valence electrons. The van der Waals surface area contributed by atoms with Crippen LogP contribution in [0.4, 0.5) is 18.3 Å². The van der Waals surface area contributed by atoms with Crippen LogP contribution in [0.3, 0.4) is 0 Å². The Hall–Kier alpha value is -2.00. The maximum atomic E-state index is 12.4. The molecule has 2 aromatic rings. The summed E-state index contributed by atoms with van der Waals surface area (Å²) in [4.78, 5) is 12.1. The van der Waals surface area contributed by atoms with Gasteiger partial charge in [-0.2, -0.15) is 13.2 Å². The number of nitrogens with zero attached hydrogens (tertiary/aromatic N) is 2. The second-order valence-corrected chi connectivity index (χ2v) is 5.60. The van der Waals surface area contributed by atoms with E-state index in [9.17, 15) is 18.0 Å². The van der Waals surface area contributed by atoms with Crippen LogP contribution < -0.4 is 11.1 Å². The topological polar surface area (TPSA) is 80.9 Å². The third-order valence-electron chi connectivity index (χ3n) is 3.03. The van der Waals surface area contributed by atoms with Gasteiger partial charge in [-0.25, -0.2) is 0 Å². The van der Waals surface area contributed by atoms with Gasteiger partial charge in [0.2, 0.25) is 16.0 Å². The van der Waals surface area contributed by atoms with Gasteiger partial charge in [-0.15, -0.1) is 10.2 Å². The highest BCUT2D eigenvalue weighted by Crippen LogP contribution is 2.33. The second-order valence-electron chi connectivity index (χ2n) is 4.62. The number of aromatic nitrogens is 2. The fourth-order valence-corrected chi connectivity index (χ4v) is 2.35. The van der Waals surface area contributed by atoms with Crippen molar-refractivity contribution in [2.45, 2.75) is 19.1 Å². The number of halogens is 3.